The monoisotopic (exact) mass is 230 g/mol. The van der Waals surface area contributed by atoms with Crippen LogP contribution in [0.3, 0.4) is 0 Å². The van der Waals surface area contributed by atoms with Crippen molar-refractivity contribution >= 4 is 22.9 Å². The van der Waals surface area contributed by atoms with E-state index in [0.29, 0.717) is 25.5 Å². The van der Waals surface area contributed by atoms with Gasteiger partial charge in [0.2, 0.25) is 0 Å². The van der Waals surface area contributed by atoms with Gasteiger partial charge >= 0.3 is 5.97 Å². The van der Waals surface area contributed by atoms with E-state index in [-0.39, 0.29) is 5.97 Å². The average Bonchev–Trinajstić information content (AvgIpc) is 2.21. The average molecular weight is 230 g/mol. The lowest BCUT2D eigenvalue weighted by molar-refractivity contribution is -0.142. The third-order valence-electron chi connectivity index (χ3n) is 1.96. The molecule has 1 unspecified atom stereocenters. The van der Waals surface area contributed by atoms with Crippen molar-refractivity contribution in [1.29, 1.82) is 0 Å². The summed E-state index contributed by atoms with van der Waals surface area (Å²) in [4.78, 5) is 15.4. The van der Waals surface area contributed by atoms with Gasteiger partial charge in [-0.2, -0.15) is 0 Å². The summed E-state index contributed by atoms with van der Waals surface area (Å²) in [5, 5.41) is 4.10. The summed E-state index contributed by atoms with van der Waals surface area (Å²) in [6.45, 7) is 5.94. The fraction of sp³-hybridized carbons (Fsp3) is 0.800. The highest BCUT2D eigenvalue weighted by atomic mass is 32.2. The quantitative estimate of drug-likeness (QED) is 0.739. The van der Waals surface area contributed by atoms with Crippen LogP contribution in [0.5, 0.6) is 0 Å². The number of amidine groups is 1. The van der Waals surface area contributed by atoms with E-state index >= 15 is 0 Å². The van der Waals surface area contributed by atoms with Crippen molar-refractivity contribution in [1.82, 2.24) is 5.32 Å². The molecule has 0 aliphatic carbocycles. The van der Waals surface area contributed by atoms with Crippen LogP contribution in [0, 0.1) is 5.92 Å². The van der Waals surface area contributed by atoms with Crippen LogP contribution < -0.4 is 5.32 Å². The molecule has 0 spiro atoms. The minimum absolute atomic E-state index is 0.153. The largest absolute Gasteiger partial charge is 0.466 e. The zero-order valence-corrected chi connectivity index (χ0v) is 10.1. The SMILES string of the molecule is CCOC(=O)CCNC1=NCC(C)CS1. The number of hydrogen-bond acceptors (Lipinski definition) is 5. The zero-order valence-electron chi connectivity index (χ0n) is 9.28. The second-order valence-electron chi connectivity index (χ2n) is 3.54. The second kappa shape index (κ2) is 6.71. The van der Waals surface area contributed by atoms with Crippen LogP contribution >= 0.6 is 11.8 Å². The highest BCUT2D eigenvalue weighted by Crippen LogP contribution is 2.15. The lowest BCUT2D eigenvalue weighted by atomic mass is 10.2. The van der Waals surface area contributed by atoms with Gasteiger partial charge in [-0.3, -0.25) is 9.79 Å². The molecule has 1 aliphatic heterocycles. The van der Waals surface area contributed by atoms with E-state index in [4.69, 9.17) is 4.74 Å². The van der Waals surface area contributed by atoms with Crippen LogP contribution in [0.15, 0.2) is 4.99 Å². The van der Waals surface area contributed by atoms with Crippen molar-refractivity contribution in [2.45, 2.75) is 20.3 Å². The maximum atomic E-state index is 11.0. The molecular weight excluding hydrogens is 212 g/mol. The van der Waals surface area contributed by atoms with E-state index in [1.807, 2.05) is 6.92 Å². The number of aliphatic imine (C=N–C) groups is 1. The number of rotatable bonds is 4. The molecule has 15 heavy (non-hydrogen) atoms. The van der Waals surface area contributed by atoms with Crippen molar-refractivity contribution in [3.63, 3.8) is 0 Å². The van der Waals surface area contributed by atoms with Gasteiger partial charge in [-0.15, -0.1) is 0 Å². The van der Waals surface area contributed by atoms with Crippen molar-refractivity contribution < 1.29 is 9.53 Å². The van der Waals surface area contributed by atoms with Gasteiger partial charge in [-0.05, 0) is 12.8 Å². The van der Waals surface area contributed by atoms with Gasteiger partial charge < -0.3 is 10.1 Å². The minimum atomic E-state index is -0.153. The number of nitrogens with zero attached hydrogens (tertiary/aromatic N) is 1. The lowest BCUT2D eigenvalue weighted by Crippen LogP contribution is -2.28. The van der Waals surface area contributed by atoms with Crippen molar-refractivity contribution in [3.05, 3.63) is 0 Å². The summed E-state index contributed by atoms with van der Waals surface area (Å²) in [5.74, 6) is 1.61. The Hall–Kier alpha value is -0.710. The van der Waals surface area contributed by atoms with Gasteiger partial charge in [-0.1, -0.05) is 18.7 Å². The fourth-order valence-electron chi connectivity index (χ4n) is 1.17. The third kappa shape index (κ3) is 5.06. The van der Waals surface area contributed by atoms with Crippen LogP contribution in [0.1, 0.15) is 20.3 Å². The molecule has 0 bridgehead atoms. The number of thioether (sulfide) groups is 1. The molecular formula is C10H18N2O2S. The Morgan fingerprint density at radius 1 is 1.73 bits per heavy atom. The molecule has 0 saturated carbocycles. The topological polar surface area (TPSA) is 50.7 Å². The van der Waals surface area contributed by atoms with E-state index < -0.39 is 0 Å². The Labute approximate surface area is 94.9 Å². The molecule has 1 aliphatic rings. The minimum Gasteiger partial charge on any atom is -0.466 e. The molecule has 1 rings (SSSR count). The summed E-state index contributed by atoms with van der Waals surface area (Å²) in [6, 6.07) is 0. The zero-order chi connectivity index (χ0) is 11.1. The first-order valence-corrected chi connectivity index (χ1v) is 6.27. The van der Waals surface area contributed by atoms with E-state index in [1.165, 1.54) is 0 Å². The maximum absolute atomic E-state index is 11.0. The lowest BCUT2D eigenvalue weighted by Gasteiger charge is -2.17. The highest BCUT2D eigenvalue weighted by Gasteiger charge is 2.11. The summed E-state index contributed by atoms with van der Waals surface area (Å²) >= 11 is 1.72. The number of carbonyl (C=O) groups is 1. The van der Waals surface area contributed by atoms with Gasteiger partial charge in [0.15, 0.2) is 5.17 Å². The van der Waals surface area contributed by atoms with Crippen molar-refractivity contribution in [2.75, 3.05) is 25.4 Å². The van der Waals surface area contributed by atoms with Gasteiger partial charge in [0.25, 0.3) is 0 Å². The molecule has 1 heterocycles. The van der Waals surface area contributed by atoms with Gasteiger partial charge in [0.1, 0.15) is 0 Å². The first kappa shape index (κ1) is 12.4. The predicted octanol–water partition coefficient (Wildman–Crippen LogP) is 1.27. The Bertz CT molecular complexity index is 244. The van der Waals surface area contributed by atoms with Crippen LogP contribution in [0.25, 0.3) is 0 Å². The number of hydrogen-bond donors (Lipinski definition) is 1. The Kier molecular flexibility index (Phi) is 5.53. The van der Waals surface area contributed by atoms with Gasteiger partial charge in [-0.25, -0.2) is 0 Å². The molecule has 0 radical (unpaired) electrons. The summed E-state index contributed by atoms with van der Waals surface area (Å²) in [5.41, 5.74) is 0. The smallest absolute Gasteiger partial charge is 0.307 e. The molecule has 1 atom stereocenters. The molecule has 0 amide bonds. The normalized spacial score (nSPS) is 20.7. The molecule has 5 heteroatoms. The van der Waals surface area contributed by atoms with E-state index in [0.717, 1.165) is 17.5 Å². The summed E-state index contributed by atoms with van der Waals surface area (Å²) < 4.78 is 4.82. The van der Waals surface area contributed by atoms with Crippen molar-refractivity contribution in [3.8, 4) is 0 Å². The fourth-order valence-corrected chi connectivity index (χ4v) is 2.09. The number of nitrogens with one attached hydrogen (secondary N) is 1. The molecule has 0 saturated heterocycles. The first-order chi connectivity index (χ1) is 7.22. The number of ether oxygens (including phenoxy) is 1. The van der Waals surface area contributed by atoms with E-state index in [1.54, 1.807) is 11.8 Å². The van der Waals surface area contributed by atoms with Crippen LogP contribution in [-0.2, 0) is 9.53 Å². The van der Waals surface area contributed by atoms with E-state index in [9.17, 15) is 4.79 Å². The molecule has 0 aromatic rings. The van der Waals surface area contributed by atoms with Crippen molar-refractivity contribution in [2.24, 2.45) is 10.9 Å². The van der Waals surface area contributed by atoms with E-state index in [2.05, 4.69) is 17.2 Å². The summed E-state index contributed by atoms with van der Waals surface area (Å²) in [6.07, 6.45) is 0.406. The number of esters is 1. The van der Waals surface area contributed by atoms with Gasteiger partial charge in [0, 0.05) is 18.8 Å². The number of carbonyl (C=O) groups excluding carboxylic acids is 1. The Morgan fingerprint density at radius 3 is 3.13 bits per heavy atom. The molecule has 4 nitrogen and oxygen atoms in total. The Morgan fingerprint density at radius 2 is 2.53 bits per heavy atom. The summed E-state index contributed by atoms with van der Waals surface area (Å²) in [7, 11) is 0. The molecule has 0 aromatic carbocycles. The highest BCUT2D eigenvalue weighted by molar-refractivity contribution is 8.13. The maximum Gasteiger partial charge on any atom is 0.307 e. The van der Waals surface area contributed by atoms with Crippen LogP contribution in [-0.4, -0.2) is 36.6 Å². The standard InChI is InChI=1S/C10H18N2O2S/c1-3-14-9(13)4-5-11-10-12-6-8(2)7-15-10/h8H,3-7H2,1-2H3,(H,11,12). The second-order valence-corrected chi connectivity index (χ2v) is 4.55. The molecule has 86 valence electrons. The molecule has 0 aromatic heterocycles. The van der Waals surface area contributed by atoms with Crippen LogP contribution in [0.2, 0.25) is 0 Å². The third-order valence-corrected chi connectivity index (χ3v) is 3.24. The van der Waals surface area contributed by atoms with Gasteiger partial charge in [0.05, 0.1) is 13.0 Å². The Balaban J connectivity index is 2.12. The molecule has 1 N–H and O–H groups in total. The first-order valence-electron chi connectivity index (χ1n) is 5.29. The molecule has 0 fully saturated rings. The predicted molar refractivity (Wildman–Crippen MR) is 63.2 cm³/mol. The van der Waals surface area contributed by atoms with Crippen LogP contribution in [0.4, 0.5) is 0 Å².